The number of hydrogen-bond acceptors (Lipinski definition) is 4. The van der Waals surface area contributed by atoms with E-state index in [-0.39, 0.29) is 11.7 Å². The Labute approximate surface area is 93.9 Å². The number of amides is 1. The molecule has 1 aromatic heterocycles. The first-order valence-electron chi connectivity index (χ1n) is 5.22. The molecule has 16 heavy (non-hydrogen) atoms. The van der Waals surface area contributed by atoms with Gasteiger partial charge in [0.05, 0.1) is 11.2 Å². The minimum absolute atomic E-state index is 0.164. The normalized spacial score (nSPS) is 24.8. The summed E-state index contributed by atoms with van der Waals surface area (Å²) in [7, 11) is 0. The minimum atomic E-state index is -0.785. The SMILES string of the molecule is CC1(O)CCN(C(=O)c2cccnc2N)C1. The summed E-state index contributed by atoms with van der Waals surface area (Å²) in [6, 6.07) is 3.33. The molecule has 86 valence electrons. The van der Waals surface area contributed by atoms with Crippen LogP contribution in [0.4, 0.5) is 5.82 Å². The third-order valence-corrected chi connectivity index (χ3v) is 2.81. The summed E-state index contributed by atoms with van der Waals surface area (Å²) >= 11 is 0. The van der Waals surface area contributed by atoms with Crippen LogP contribution < -0.4 is 5.73 Å². The van der Waals surface area contributed by atoms with Crippen LogP contribution in [0.3, 0.4) is 0 Å². The number of aliphatic hydroxyl groups is 1. The van der Waals surface area contributed by atoms with Crippen molar-refractivity contribution in [2.24, 2.45) is 0 Å². The molecule has 1 atom stereocenters. The van der Waals surface area contributed by atoms with Gasteiger partial charge in [-0.25, -0.2) is 4.98 Å². The fraction of sp³-hybridized carbons (Fsp3) is 0.455. The van der Waals surface area contributed by atoms with Gasteiger partial charge in [-0.1, -0.05) is 0 Å². The van der Waals surface area contributed by atoms with E-state index in [1.54, 1.807) is 30.2 Å². The summed E-state index contributed by atoms with van der Waals surface area (Å²) in [4.78, 5) is 17.5. The Morgan fingerprint density at radius 2 is 2.44 bits per heavy atom. The van der Waals surface area contributed by atoms with Gasteiger partial charge in [0.1, 0.15) is 5.82 Å². The Balaban J connectivity index is 2.18. The maximum Gasteiger partial charge on any atom is 0.257 e. The Bertz CT molecular complexity index is 417. The molecule has 1 aliphatic rings. The monoisotopic (exact) mass is 221 g/mol. The highest BCUT2D eigenvalue weighted by molar-refractivity contribution is 5.98. The van der Waals surface area contributed by atoms with E-state index in [0.29, 0.717) is 25.1 Å². The molecule has 1 aliphatic heterocycles. The zero-order valence-electron chi connectivity index (χ0n) is 9.18. The number of nitrogens with two attached hydrogens (primary N) is 1. The number of carbonyl (C=O) groups excluding carboxylic acids is 1. The van der Waals surface area contributed by atoms with E-state index in [1.165, 1.54) is 0 Å². The second-order valence-electron chi connectivity index (χ2n) is 4.41. The predicted molar refractivity (Wildman–Crippen MR) is 59.8 cm³/mol. The topological polar surface area (TPSA) is 79.5 Å². The first-order valence-corrected chi connectivity index (χ1v) is 5.22. The van der Waals surface area contributed by atoms with Crippen molar-refractivity contribution in [2.45, 2.75) is 18.9 Å². The van der Waals surface area contributed by atoms with Crippen molar-refractivity contribution in [1.82, 2.24) is 9.88 Å². The maximum atomic E-state index is 12.1. The van der Waals surface area contributed by atoms with Crippen LogP contribution in [0.5, 0.6) is 0 Å². The van der Waals surface area contributed by atoms with E-state index in [2.05, 4.69) is 4.98 Å². The van der Waals surface area contributed by atoms with Gasteiger partial charge in [0.15, 0.2) is 0 Å². The van der Waals surface area contributed by atoms with Gasteiger partial charge < -0.3 is 15.7 Å². The van der Waals surface area contributed by atoms with Crippen LogP contribution in [0.1, 0.15) is 23.7 Å². The van der Waals surface area contributed by atoms with Crippen LogP contribution in [0.15, 0.2) is 18.3 Å². The maximum absolute atomic E-state index is 12.1. The van der Waals surface area contributed by atoms with Gasteiger partial charge in [-0.3, -0.25) is 4.79 Å². The lowest BCUT2D eigenvalue weighted by Crippen LogP contribution is -2.34. The molecule has 0 radical (unpaired) electrons. The minimum Gasteiger partial charge on any atom is -0.388 e. The molecule has 2 heterocycles. The molecule has 2 rings (SSSR count). The molecule has 0 aromatic carbocycles. The molecule has 1 unspecified atom stereocenters. The van der Waals surface area contributed by atoms with Gasteiger partial charge in [0.25, 0.3) is 5.91 Å². The molecule has 1 amide bonds. The van der Waals surface area contributed by atoms with E-state index in [0.717, 1.165) is 0 Å². The molecule has 0 aliphatic carbocycles. The lowest BCUT2D eigenvalue weighted by atomic mass is 10.1. The number of β-amino-alcohol motifs (C(OH)–C–C–N with tert-alkyl or cyclic N) is 1. The molecular weight excluding hydrogens is 206 g/mol. The Morgan fingerprint density at radius 1 is 1.69 bits per heavy atom. The highest BCUT2D eigenvalue weighted by Gasteiger charge is 2.34. The number of pyridine rings is 1. The Kier molecular flexibility index (Phi) is 2.55. The number of carbonyl (C=O) groups is 1. The van der Waals surface area contributed by atoms with Gasteiger partial charge in [0.2, 0.25) is 0 Å². The van der Waals surface area contributed by atoms with Crippen molar-refractivity contribution in [3.63, 3.8) is 0 Å². The zero-order valence-corrected chi connectivity index (χ0v) is 9.18. The summed E-state index contributed by atoms with van der Waals surface area (Å²) in [5.74, 6) is 0.0717. The molecule has 1 aromatic rings. The lowest BCUT2D eigenvalue weighted by Gasteiger charge is -2.19. The van der Waals surface area contributed by atoms with Crippen LogP contribution in [0, 0.1) is 0 Å². The van der Waals surface area contributed by atoms with Gasteiger partial charge in [-0.2, -0.15) is 0 Å². The van der Waals surface area contributed by atoms with E-state index < -0.39 is 5.60 Å². The number of nitrogens with zero attached hydrogens (tertiary/aromatic N) is 2. The van der Waals surface area contributed by atoms with E-state index >= 15 is 0 Å². The van der Waals surface area contributed by atoms with Crippen molar-refractivity contribution in [1.29, 1.82) is 0 Å². The molecule has 1 saturated heterocycles. The Hall–Kier alpha value is -1.62. The number of likely N-dealkylation sites (tertiary alicyclic amines) is 1. The van der Waals surface area contributed by atoms with Crippen LogP contribution in [0.25, 0.3) is 0 Å². The largest absolute Gasteiger partial charge is 0.388 e. The van der Waals surface area contributed by atoms with Gasteiger partial charge in [-0.15, -0.1) is 0 Å². The van der Waals surface area contributed by atoms with Crippen LogP contribution in [-0.2, 0) is 0 Å². The van der Waals surface area contributed by atoms with E-state index in [1.807, 2.05) is 0 Å². The van der Waals surface area contributed by atoms with Crippen molar-refractivity contribution >= 4 is 11.7 Å². The summed E-state index contributed by atoms with van der Waals surface area (Å²) in [6.45, 7) is 2.63. The standard InChI is InChI=1S/C11H15N3O2/c1-11(16)4-6-14(7-11)10(15)8-3-2-5-13-9(8)12/h2-3,5,16H,4,6-7H2,1H3,(H2,12,13). The quantitative estimate of drug-likeness (QED) is 0.713. The molecule has 5 nitrogen and oxygen atoms in total. The zero-order chi connectivity index (χ0) is 11.8. The Morgan fingerprint density at radius 3 is 3.00 bits per heavy atom. The van der Waals surface area contributed by atoms with Crippen molar-refractivity contribution in [3.05, 3.63) is 23.9 Å². The third-order valence-electron chi connectivity index (χ3n) is 2.81. The first-order chi connectivity index (χ1) is 7.49. The van der Waals surface area contributed by atoms with Crippen molar-refractivity contribution in [3.8, 4) is 0 Å². The molecule has 5 heteroatoms. The second-order valence-corrected chi connectivity index (χ2v) is 4.41. The van der Waals surface area contributed by atoms with Crippen LogP contribution >= 0.6 is 0 Å². The van der Waals surface area contributed by atoms with E-state index in [4.69, 9.17) is 5.73 Å². The van der Waals surface area contributed by atoms with Gasteiger partial charge in [0, 0.05) is 19.3 Å². The second kappa shape index (κ2) is 3.75. The number of anilines is 1. The van der Waals surface area contributed by atoms with Gasteiger partial charge >= 0.3 is 0 Å². The smallest absolute Gasteiger partial charge is 0.257 e. The van der Waals surface area contributed by atoms with Crippen molar-refractivity contribution < 1.29 is 9.90 Å². The number of hydrogen-bond donors (Lipinski definition) is 2. The lowest BCUT2D eigenvalue weighted by molar-refractivity contribution is 0.0572. The van der Waals surface area contributed by atoms with Gasteiger partial charge in [-0.05, 0) is 25.5 Å². The summed E-state index contributed by atoms with van der Waals surface area (Å²) in [5, 5.41) is 9.79. The highest BCUT2D eigenvalue weighted by atomic mass is 16.3. The molecular formula is C11H15N3O2. The average Bonchev–Trinajstić information content (AvgIpc) is 2.59. The number of rotatable bonds is 1. The fourth-order valence-electron chi connectivity index (χ4n) is 1.89. The molecule has 0 saturated carbocycles. The third kappa shape index (κ3) is 1.99. The highest BCUT2D eigenvalue weighted by Crippen LogP contribution is 2.23. The molecule has 3 N–H and O–H groups in total. The molecule has 0 spiro atoms. The summed E-state index contributed by atoms with van der Waals surface area (Å²) in [6.07, 6.45) is 2.14. The summed E-state index contributed by atoms with van der Waals surface area (Å²) < 4.78 is 0. The molecule has 1 fully saturated rings. The first kappa shape index (κ1) is 10.9. The van der Waals surface area contributed by atoms with Crippen LogP contribution in [-0.4, -0.2) is 39.6 Å². The van der Waals surface area contributed by atoms with Crippen molar-refractivity contribution in [2.75, 3.05) is 18.8 Å². The fourth-order valence-corrected chi connectivity index (χ4v) is 1.89. The summed E-state index contributed by atoms with van der Waals surface area (Å²) in [5.41, 5.74) is 5.25. The predicted octanol–water partition coefficient (Wildman–Crippen LogP) is 0.261. The van der Waals surface area contributed by atoms with Crippen LogP contribution in [0.2, 0.25) is 0 Å². The number of aromatic nitrogens is 1. The van der Waals surface area contributed by atoms with E-state index in [9.17, 15) is 9.90 Å². The number of nitrogen functional groups attached to an aromatic ring is 1. The molecule has 0 bridgehead atoms. The average molecular weight is 221 g/mol.